The Morgan fingerprint density at radius 1 is 1.26 bits per heavy atom. The van der Waals surface area contributed by atoms with E-state index in [1.54, 1.807) is 32.0 Å². The van der Waals surface area contributed by atoms with Crippen molar-refractivity contribution in [3.05, 3.63) is 58.7 Å². The summed E-state index contributed by atoms with van der Waals surface area (Å²) in [5.41, 5.74) is 11.5. The Balaban J connectivity index is 1.76. The molecule has 7 nitrogen and oxygen atoms in total. The predicted molar refractivity (Wildman–Crippen MR) is 121 cm³/mol. The zero-order valence-electron chi connectivity index (χ0n) is 17.7. The van der Waals surface area contributed by atoms with E-state index in [0.717, 1.165) is 39.7 Å². The molecule has 31 heavy (non-hydrogen) atoms. The van der Waals surface area contributed by atoms with Crippen LogP contribution in [0, 0.1) is 5.41 Å². The van der Waals surface area contributed by atoms with Crippen LogP contribution in [0.1, 0.15) is 40.9 Å². The highest BCUT2D eigenvalue weighted by Crippen LogP contribution is 2.36. The summed E-state index contributed by atoms with van der Waals surface area (Å²) in [6.45, 7) is 4.50. The van der Waals surface area contributed by atoms with Crippen molar-refractivity contribution in [2.75, 3.05) is 18.9 Å². The molecule has 0 saturated heterocycles. The first kappa shape index (κ1) is 21.0. The van der Waals surface area contributed by atoms with Gasteiger partial charge in [0, 0.05) is 46.1 Å². The highest BCUT2D eigenvalue weighted by molar-refractivity contribution is 6.05. The van der Waals surface area contributed by atoms with E-state index in [1.165, 1.54) is 6.21 Å². The van der Waals surface area contributed by atoms with E-state index in [9.17, 15) is 9.90 Å². The predicted octanol–water partition coefficient (Wildman–Crippen LogP) is 3.06. The maximum atomic E-state index is 12.4. The first-order valence-corrected chi connectivity index (χ1v) is 10.2. The average molecular weight is 418 g/mol. The third-order valence-electron chi connectivity index (χ3n) is 5.43. The number of hydrogen-bond acceptors (Lipinski definition) is 6. The standard InChI is InChI=1S/C24H26N4O3/c1-24(2,30)13-27-23(29)15-5-3-14(4-6-15)22-18-12-31-10-9-16(18)21-17(11-25)19(26)7-8-20(21)28-22/h3-8,11,25,30H,9-10,12-13,26H2,1-2H3,(H,27,29). The van der Waals surface area contributed by atoms with Crippen molar-refractivity contribution in [1.29, 1.82) is 5.41 Å². The lowest BCUT2D eigenvalue weighted by Gasteiger charge is -2.23. The molecular weight excluding hydrogens is 392 g/mol. The number of fused-ring (bicyclic) bond motifs is 3. The van der Waals surface area contributed by atoms with E-state index >= 15 is 0 Å². The summed E-state index contributed by atoms with van der Waals surface area (Å²) < 4.78 is 5.72. The van der Waals surface area contributed by atoms with Crippen molar-refractivity contribution >= 4 is 28.7 Å². The van der Waals surface area contributed by atoms with Crippen molar-refractivity contribution in [3.8, 4) is 11.3 Å². The van der Waals surface area contributed by atoms with Gasteiger partial charge in [0.1, 0.15) is 0 Å². The van der Waals surface area contributed by atoms with Crippen molar-refractivity contribution in [2.24, 2.45) is 0 Å². The summed E-state index contributed by atoms with van der Waals surface area (Å²) in [4.78, 5) is 17.2. The van der Waals surface area contributed by atoms with Crippen LogP contribution in [0.5, 0.6) is 0 Å². The van der Waals surface area contributed by atoms with Gasteiger partial charge in [-0.1, -0.05) is 12.1 Å². The van der Waals surface area contributed by atoms with Gasteiger partial charge in [-0.05, 0) is 50.1 Å². The van der Waals surface area contributed by atoms with Gasteiger partial charge in [-0.2, -0.15) is 0 Å². The Bertz CT molecular complexity index is 1160. The molecule has 0 aliphatic carbocycles. The summed E-state index contributed by atoms with van der Waals surface area (Å²) in [5.74, 6) is -0.239. The number of rotatable bonds is 5. The second kappa shape index (κ2) is 8.09. The summed E-state index contributed by atoms with van der Waals surface area (Å²) >= 11 is 0. The fourth-order valence-electron chi connectivity index (χ4n) is 3.87. The largest absolute Gasteiger partial charge is 0.398 e. The highest BCUT2D eigenvalue weighted by atomic mass is 16.5. The number of nitrogens with two attached hydrogens (primary N) is 1. The molecule has 1 amide bonds. The van der Waals surface area contributed by atoms with Crippen molar-refractivity contribution < 1.29 is 14.6 Å². The van der Waals surface area contributed by atoms with Crippen molar-refractivity contribution in [3.63, 3.8) is 0 Å². The van der Waals surface area contributed by atoms with E-state index in [1.807, 2.05) is 18.2 Å². The van der Waals surface area contributed by atoms with Crippen LogP contribution in [0.15, 0.2) is 36.4 Å². The number of nitrogen functional groups attached to an aromatic ring is 1. The second-order valence-corrected chi connectivity index (χ2v) is 8.40. The molecule has 1 aliphatic heterocycles. The van der Waals surface area contributed by atoms with E-state index in [4.69, 9.17) is 20.9 Å². The van der Waals surface area contributed by atoms with Crippen LogP contribution in [-0.2, 0) is 17.8 Å². The number of pyridine rings is 1. The average Bonchev–Trinajstić information content (AvgIpc) is 2.76. The topological polar surface area (TPSA) is 121 Å². The monoisotopic (exact) mass is 418 g/mol. The van der Waals surface area contributed by atoms with Gasteiger partial charge in [-0.15, -0.1) is 0 Å². The summed E-state index contributed by atoms with van der Waals surface area (Å²) in [5, 5.41) is 21.3. The minimum atomic E-state index is -0.970. The second-order valence-electron chi connectivity index (χ2n) is 8.40. The molecule has 0 unspecified atom stereocenters. The summed E-state index contributed by atoms with van der Waals surface area (Å²) in [7, 11) is 0. The minimum absolute atomic E-state index is 0.170. The number of anilines is 1. The molecule has 0 spiro atoms. The molecule has 2 aromatic carbocycles. The minimum Gasteiger partial charge on any atom is -0.398 e. The molecule has 0 atom stereocenters. The number of aromatic nitrogens is 1. The number of ether oxygens (including phenoxy) is 1. The number of carbonyl (C=O) groups excluding carboxylic acids is 1. The number of amides is 1. The van der Waals surface area contributed by atoms with Crippen LogP contribution in [0.25, 0.3) is 22.2 Å². The fourth-order valence-corrected chi connectivity index (χ4v) is 3.87. The Morgan fingerprint density at radius 2 is 2.00 bits per heavy atom. The molecule has 2 heterocycles. The number of aliphatic hydroxyl groups is 1. The molecule has 1 aromatic heterocycles. The molecule has 0 saturated carbocycles. The van der Waals surface area contributed by atoms with Crippen molar-refractivity contribution in [1.82, 2.24) is 10.3 Å². The van der Waals surface area contributed by atoms with E-state index in [0.29, 0.717) is 30.0 Å². The number of nitrogens with zero attached hydrogens (tertiary/aromatic N) is 1. The van der Waals surface area contributed by atoms with Gasteiger partial charge in [0.25, 0.3) is 5.91 Å². The number of carbonyl (C=O) groups is 1. The molecule has 160 valence electrons. The Labute approximate surface area is 180 Å². The van der Waals surface area contributed by atoms with Gasteiger partial charge < -0.3 is 26.3 Å². The van der Waals surface area contributed by atoms with E-state index in [2.05, 4.69) is 5.32 Å². The molecule has 5 N–H and O–H groups in total. The summed E-state index contributed by atoms with van der Waals surface area (Å²) in [6.07, 6.45) is 2.01. The zero-order chi connectivity index (χ0) is 22.2. The first-order valence-electron chi connectivity index (χ1n) is 10.2. The lowest BCUT2D eigenvalue weighted by molar-refractivity contribution is 0.0694. The van der Waals surface area contributed by atoms with Crippen LogP contribution in [0.4, 0.5) is 5.69 Å². The normalized spacial score (nSPS) is 13.6. The van der Waals surface area contributed by atoms with E-state index in [-0.39, 0.29) is 12.5 Å². The third kappa shape index (κ3) is 4.15. The zero-order valence-corrected chi connectivity index (χ0v) is 17.7. The molecule has 1 aliphatic rings. The first-order chi connectivity index (χ1) is 14.8. The van der Waals surface area contributed by atoms with E-state index < -0.39 is 5.60 Å². The Hall–Kier alpha value is -3.29. The molecule has 3 aromatic rings. The number of nitrogens with one attached hydrogen (secondary N) is 2. The SMILES string of the molecule is CC(C)(O)CNC(=O)c1ccc(-c2nc3ccc(N)c(C=N)c3c3c2COCC3)cc1. The quantitative estimate of drug-likeness (QED) is 0.375. The van der Waals surface area contributed by atoms with Gasteiger partial charge >= 0.3 is 0 Å². The maximum Gasteiger partial charge on any atom is 0.251 e. The van der Waals surface area contributed by atoms with Crippen LogP contribution < -0.4 is 11.1 Å². The van der Waals surface area contributed by atoms with Crippen LogP contribution in [0.2, 0.25) is 0 Å². The molecular formula is C24H26N4O3. The fraction of sp³-hybridized carbons (Fsp3) is 0.292. The third-order valence-corrected chi connectivity index (χ3v) is 5.43. The van der Waals surface area contributed by atoms with Crippen LogP contribution in [0.3, 0.4) is 0 Å². The van der Waals surface area contributed by atoms with Crippen molar-refractivity contribution in [2.45, 2.75) is 32.5 Å². The van der Waals surface area contributed by atoms with Gasteiger partial charge in [0.15, 0.2) is 0 Å². The van der Waals surface area contributed by atoms with Crippen LogP contribution in [-0.4, -0.2) is 41.0 Å². The smallest absolute Gasteiger partial charge is 0.251 e. The molecule has 7 heteroatoms. The van der Waals surface area contributed by atoms with Gasteiger partial charge in [-0.25, -0.2) is 4.98 Å². The molecule has 0 bridgehead atoms. The lowest BCUT2D eigenvalue weighted by atomic mass is 9.91. The highest BCUT2D eigenvalue weighted by Gasteiger charge is 2.22. The summed E-state index contributed by atoms with van der Waals surface area (Å²) in [6, 6.07) is 10.9. The molecule has 0 radical (unpaired) electrons. The van der Waals surface area contributed by atoms with Crippen LogP contribution >= 0.6 is 0 Å². The Kier molecular flexibility index (Phi) is 5.47. The molecule has 0 fully saturated rings. The number of benzene rings is 2. The maximum absolute atomic E-state index is 12.4. The molecule has 4 rings (SSSR count). The number of hydrogen-bond donors (Lipinski definition) is 4. The van der Waals surface area contributed by atoms with Gasteiger partial charge in [0.05, 0.1) is 30.0 Å². The Morgan fingerprint density at radius 3 is 2.68 bits per heavy atom. The van der Waals surface area contributed by atoms with Gasteiger partial charge in [-0.3, -0.25) is 4.79 Å². The van der Waals surface area contributed by atoms with Gasteiger partial charge in [0.2, 0.25) is 0 Å². The lowest BCUT2D eigenvalue weighted by Crippen LogP contribution is -2.38.